The van der Waals surface area contributed by atoms with Gasteiger partial charge < -0.3 is 10.6 Å². The normalized spacial score (nSPS) is 30.4. The van der Waals surface area contributed by atoms with E-state index in [1.807, 2.05) is 0 Å². The second kappa shape index (κ2) is 4.51. The Balaban J connectivity index is 1.75. The van der Waals surface area contributed by atoms with Crippen LogP contribution in [-0.4, -0.2) is 48.4 Å². The van der Waals surface area contributed by atoms with Gasteiger partial charge in [0.25, 0.3) is 0 Å². The van der Waals surface area contributed by atoms with Gasteiger partial charge in [-0.05, 0) is 19.9 Å². The summed E-state index contributed by atoms with van der Waals surface area (Å²) in [6.07, 6.45) is 1.87. The highest BCUT2D eigenvalue weighted by Gasteiger charge is 2.30. The van der Waals surface area contributed by atoms with Gasteiger partial charge in [0.2, 0.25) is 11.8 Å². The minimum atomic E-state index is -0.0264. The molecule has 1 unspecified atom stereocenters. The minimum absolute atomic E-state index is 0.0264. The number of rotatable bonds is 4. The number of hydrogen-bond acceptors (Lipinski definition) is 4. The van der Waals surface area contributed by atoms with Crippen LogP contribution >= 0.6 is 0 Å². The maximum atomic E-state index is 11.4. The fraction of sp³-hybridized carbons (Fsp3) is 0.818. The zero-order valence-electron chi connectivity index (χ0n) is 9.71. The summed E-state index contributed by atoms with van der Waals surface area (Å²) < 4.78 is 0. The van der Waals surface area contributed by atoms with Gasteiger partial charge in [-0.25, -0.2) is 0 Å². The van der Waals surface area contributed by atoms with E-state index in [2.05, 4.69) is 17.6 Å². The molecule has 5 nitrogen and oxygen atoms in total. The Morgan fingerprint density at radius 1 is 1.38 bits per heavy atom. The third-order valence-corrected chi connectivity index (χ3v) is 3.41. The molecule has 0 aromatic rings. The van der Waals surface area contributed by atoms with Crippen molar-refractivity contribution in [1.82, 2.24) is 15.5 Å². The first-order valence-electron chi connectivity index (χ1n) is 5.90. The number of nitrogens with zero attached hydrogens (tertiary/aromatic N) is 1. The SMILES string of the molecule is CC1(NCCN2C(=O)CCC2=O)CCNC1. The Morgan fingerprint density at radius 3 is 2.62 bits per heavy atom. The van der Waals surface area contributed by atoms with E-state index in [1.54, 1.807) is 0 Å². The van der Waals surface area contributed by atoms with Gasteiger partial charge in [0.1, 0.15) is 0 Å². The molecule has 2 aliphatic heterocycles. The van der Waals surface area contributed by atoms with Crippen LogP contribution in [0.15, 0.2) is 0 Å². The molecule has 0 spiro atoms. The molecule has 90 valence electrons. The summed E-state index contributed by atoms with van der Waals surface area (Å²) in [6, 6.07) is 0. The number of hydrogen-bond donors (Lipinski definition) is 2. The van der Waals surface area contributed by atoms with Crippen LogP contribution in [0.3, 0.4) is 0 Å². The van der Waals surface area contributed by atoms with Crippen molar-refractivity contribution >= 4 is 11.8 Å². The van der Waals surface area contributed by atoms with Crippen molar-refractivity contribution in [3.8, 4) is 0 Å². The molecule has 2 N–H and O–H groups in total. The van der Waals surface area contributed by atoms with E-state index in [0.717, 1.165) is 19.5 Å². The van der Waals surface area contributed by atoms with Crippen LogP contribution in [0.25, 0.3) is 0 Å². The fourth-order valence-electron chi connectivity index (χ4n) is 2.31. The lowest BCUT2D eigenvalue weighted by molar-refractivity contribution is -0.138. The Morgan fingerprint density at radius 2 is 2.06 bits per heavy atom. The molecule has 16 heavy (non-hydrogen) atoms. The highest BCUT2D eigenvalue weighted by molar-refractivity contribution is 6.01. The van der Waals surface area contributed by atoms with E-state index in [4.69, 9.17) is 0 Å². The topological polar surface area (TPSA) is 61.4 Å². The third-order valence-electron chi connectivity index (χ3n) is 3.41. The molecule has 2 saturated heterocycles. The highest BCUT2D eigenvalue weighted by atomic mass is 16.2. The van der Waals surface area contributed by atoms with Crippen LogP contribution in [0, 0.1) is 0 Å². The molecule has 5 heteroatoms. The van der Waals surface area contributed by atoms with Crippen molar-refractivity contribution in [2.45, 2.75) is 31.7 Å². The van der Waals surface area contributed by atoms with Crippen LogP contribution in [-0.2, 0) is 9.59 Å². The van der Waals surface area contributed by atoms with Gasteiger partial charge in [-0.3, -0.25) is 14.5 Å². The molecule has 0 saturated carbocycles. The molecule has 0 bridgehead atoms. The van der Waals surface area contributed by atoms with Crippen molar-refractivity contribution in [1.29, 1.82) is 0 Å². The average molecular weight is 225 g/mol. The van der Waals surface area contributed by atoms with Gasteiger partial charge in [-0.2, -0.15) is 0 Å². The summed E-state index contributed by atoms with van der Waals surface area (Å²) in [7, 11) is 0. The maximum absolute atomic E-state index is 11.4. The van der Waals surface area contributed by atoms with Crippen molar-refractivity contribution in [2.75, 3.05) is 26.2 Å². The second-order valence-electron chi connectivity index (χ2n) is 4.85. The third kappa shape index (κ3) is 2.41. The van der Waals surface area contributed by atoms with Crippen molar-refractivity contribution in [3.05, 3.63) is 0 Å². The Bertz CT molecular complexity index is 282. The lowest BCUT2D eigenvalue weighted by Crippen LogP contribution is -2.47. The van der Waals surface area contributed by atoms with Crippen LogP contribution in [0.5, 0.6) is 0 Å². The Kier molecular flexibility index (Phi) is 3.25. The molecule has 2 rings (SSSR count). The van der Waals surface area contributed by atoms with Crippen LogP contribution in [0.2, 0.25) is 0 Å². The quantitative estimate of drug-likeness (QED) is 0.632. The molecule has 2 fully saturated rings. The number of carbonyl (C=O) groups excluding carboxylic acids is 2. The molecule has 2 heterocycles. The van der Waals surface area contributed by atoms with E-state index in [1.165, 1.54) is 4.90 Å². The molecule has 1 atom stereocenters. The molecule has 2 aliphatic rings. The molecule has 0 aromatic carbocycles. The monoisotopic (exact) mass is 225 g/mol. The number of amides is 2. The zero-order valence-corrected chi connectivity index (χ0v) is 9.71. The first-order chi connectivity index (χ1) is 7.61. The van der Waals surface area contributed by atoms with Crippen LogP contribution < -0.4 is 10.6 Å². The van der Waals surface area contributed by atoms with E-state index in [9.17, 15) is 9.59 Å². The van der Waals surface area contributed by atoms with Crippen molar-refractivity contribution < 1.29 is 9.59 Å². The van der Waals surface area contributed by atoms with E-state index < -0.39 is 0 Å². The summed E-state index contributed by atoms with van der Waals surface area (Å²) in [5.74, 6) is -0.0528. The molecule has 0 radical (unpaired) electrons. The van der Waals surface area contributed by atoms with E-state index >= 15 is 0 Å². The first-order valence-corrected chi connectivity index (χ1v) is 5.90. The van der Waals surface area contributed by atoms with Crippen LogP contribution in [0.4, 0.5) is 0 Å². The summed E-state index contributed by atoms with van der Waals surface area (Å²) in [4.78, 5) is 24.1. The summed E-state index contributed by atoms with van der Waals surface area (Å²) >= 11 is 0. The lowest BCUT2D eigenvalue weighted by atomic mass is 10.0. The highest BCUT2D eigenvalue weighted by Crippen LogP contribution is 2.14. The predicted octanol–water partition coefficient (Wildman–Crippen LogP) is -0.523. The van der Waals surface area contributed by atoms with Gasteiger partial charge in [0, 0.05) is 38.0 Å². The average Bonchev–Trinajstić information content (AvgIpc) is 2.79. The second-order valence-corrected chi connectivity index (χ2v) is 4.85. The van der Waals surface area contributed by atoms with Gasteiger partial charge in [0.15, 0.2) is 0 Å². The lowest BCUT2D eigenvalue weighted by Gasteiger charge is -2.25. The van der Waals surface area contributed by atoms with Crippen molar-refractivity contribution in [2.24, 2.45) is 0 Å². The number of carbonyl (C=O) groups is 2. The van der Waals surface area contributed by atoms with E-state index in [0.29, 0.717) is 25.9 Å². The fourth-order valence-corrected chi connectivity index (χ4v) is 2.31. The Labute approximate surface area is 95.6 Å². The van der Waals surface area contributed by atoms with Gasteiger partial charge >= 0.3 is 0 Å². The van der Waals surface area contributed by atoms with Gasteiger partial charge in [-0.15, -0.1) is 0 Å². The summed E-state index contributed by atoms with van der Waals surface area (Å²) in [5.41, 5.74) is 0.117. The molecular weight excluding hydrogens is 206 g/mol. The van der Waals surface area contributed by atoms with Crippen molar-refractivity contribution in [3.63, 3.8) is 0 Å². The summed E-state index contributed by atoms with van der Waals surface area (Å²) in [6.45, 7) is 5.35. The van der Waals surface area contributed by atoms with E-state index in [-0.39, 0.29) is 17.4 Å². The smallest absolute Gasteiger partial charge is 0.229 e. The predicted molar refractivity (Wildman–Crippen MR) is 59.8 cm³/mol. The van der Waals surface area contributed by atoms with Crippen LogP contribution in [0.1, 0.15) is 26.2 Å². The maximum Gasteiger partial charge on any atom is 0.229 e. The molecular formula is C11H19N3O2. The zero-order chi connectivity index (χ0) is 11.6. The molecule has 0 aromatic heterocycles. The molecule has 2 amide bonds. The first kappa shape index (κ1) is 11.5. The van der Waals surface area contributed by atoms with Gasteiger partial charge in [0.05, 0.1) is 0 Å². The standard InChI is InChI=1S/C11H19N3O2/c1-11(4-5-12-8-11)13-6-7-14-9(15)2-3-10(14)16/h12-13H,2-8H2,1H3. The largest absolute Gasteiger partial charge is 0.315 e. The minimum Gasteiger partial charge on any atom is -0.315 e. The Hall–Kier alpha value is -0.940. The molecule has 0 aliphatic carbocycles. The summed E-state index contributed by atoms with van der Waals surface area (Å²) in [5, 5.41) is 6.72. The number of nitrogens with one attached hydrogen (secondary N) is 2. The van der Waals surface area contributed by atoms with Gasteiger partial charge in [-0.1, -0.05) is 0 Å². The number of likely N-dealkylation sites (tertiary alicyclic amines) is 1. The number of imide groups is 1.